The van der Waals surface area contributed by atoms with E-state index in [1.165, 1.54) is 5.39 Å². The van der Waals surface area contributed by atoms with Gasteiger partial charge in [0, 0.05) is 33.3 Å². The average Bonchev–Trinajstić information content (AvgIpc) is 3.60. The summed E-state index contributed by atoms with van der Waals surface area (Å²) in [5.74, 6) is 0.226. The summed E-state index contributed by atoms with van der Waals surface area (Å²) >= 11 is 0. The third-order valence-electron chi connectivity index (χ3n) is 8.80. The molecule has 0 radical (unpaired) electrons. The number of allylic oxidation sites excluding steroid dienone is 4. The molecule has 0 aliphatic heterocycles. The molecule has 1 atom stereocenters. The molecule has 0 bridgehead atoms. The SMILES string of the molecule is C1=CCC(c2cc(-n3c4ccccc4c4nc5c(cc43)c3ccccc3n5-c3ccccc3)cc(-c3ccccc3)n2)C=C1. The third kappa shape index (κ3) is 3.85. The molecule has 0 N–H and O–H groups in total. The maximum atomic E-state index is 5.46. The number of para-hydroxylation sites is 3. The van der Waals surface area contributed by atoms with Gasteiger partial charge in [0.15, 0.2) is 0 Å². The van der Waals surface area contributed by atoms with Crippen molar-refractivity contribution in [3.05, 3.63) is 157 Å². The van der Waals surface area contributed by atoms with E-state index in [9.17, 15) is 0 Å². The lowest BCUT2D eigenvalue weighted by molar-refractivity contribution is 0.815. The summed E-state index contributed by atoms with van der Waals surface area (Å²) in [4.78, 5) is 10.7. The number of hydrogen-bond acceptors (Lipinski definition) is 2. The van der Waals surface area contributed by atoms with Crippen molar-refractivity contribution in [2.75, 3.05) is 0 Å². The molecule has 4 heterocycles. The molecule has 44 heavy (non-hydrogen) atoms. The zero-order valence-corrected chi connectivity index (χ0v) is 24.0. The van der Waals surface area contributed by atoms with Crippen molar-refractivity contribution in [3.63, 3.8) is 0 Å². The number of nitrogens with zero attached hydrogens (tertiary/aromatic N) is 4. The topological polar surface area (TPSA) is 35.6 Å². The number of hydrogen-bond donors (Lipinski definition) is 0. The number of pyridine rings is 2. The first-order valence-electron chi connectivity index (χ1n) is 15.1. The van der Waals surface area contributed by atoms with E-state index in [-0.39, 0.29) is 5.92 Å². The monoisotopic (exact) mass is 564 g/mol. The molecule has 8 aromatic rings. The van der Waals surface area contributed by atoms with Crippen LogP contribution in [0.3, 0.4) is 0 Å². The molecular formula is C40H28N4. The van der Waals surface area contributed by atoms with E-state index in [1.807, 2.05) is 0 Å². The normalized spacial score (nSPS) is 14.8. The smallest absolute Gasteiger partial charge is 0.146 e. The molecule has 1 aliphatic carbocycles. The van der Waals surface area contributed by atoms with Crippen LogP contribution in [0.4, 0.5) is 0 Å². The minimum absolute atomic E-state index is 0.226. The highest BCUT2D eigenvalue weighted by molar-refractivity contribution is 6.15. The number of benzene rings is 4. The van der Waals surface area contributed by atoms with Gasteiger partial charge in [0.2, 0.25) is 0 Å². The van der Waals surface area contributed by atoms with E-state index >= 15 is 0 Å². The second-order valence-corrected chi connectivity index (χ2v) is 11.4. The lowest BCUT2D eigenvalue weighted by Gasteiger charge is -2.17. The fraction of sp³-hybridized carbons (Fsp3) is 0.0500. The highest BCUT2D eigenvalue weighted by atomic mass is 15.1. The van der Waals surface area contributed by atoms with Crippen molar-refractivity contribution in [1.29, 1.82) is 0 Å². The van der Waals surface area contributed by atoms with Crippen molar-refractivity contribution >= 4 is 43.9 Å². The van der Waals surface area contributed by atoms with Crippen molar-refractivity contribution in [3.8, 4) is 22.6 Å². The molecule has 1 aliphatic rings. The zero-order chi connectivity index (χ0) is 29.0. The molecule has 0 fully saturated rings. The van der Waals surface area contributed by atoms with Gasteiger partial charge in [0.25, 0.3) is 0 Å². The Morgan fingerprint density at radius 3 is 2.02 bits per heavy atom. The summed E-state index contributed by atoms with van der Waals surface area (Å²) in [6.45, 7) is 0. The summed E-state index contributed by atoms with van der Waals surface area (Å²) in [6.07, 6.45) is 9.68. The number of aromatic nitrogens is 4. The van der Waals surface area contributed by atoms with Gasteiger partial charge in [-0.1, -0.05) is 109 Å². The first-order chi connectivity index (χ1) is 21.8. The van der Waals surface area contributed by atoms with Crippen LogP contribution in [0.25, 0.3) is 66.5 Å². The summed E-state index contributed by atoms with van der Waals surface area (Å²) in [5, 5.41) is 3.46. The highest BCUT2D eigenvalue weighted by Gasteiger charge is 2.21. The molecule has 4 aromatic carbocycles. The van der Waals surface area contributed by atoms with Crippen LogP contribution in [0.2, 0.25) is 0 Å². The van der Waals surface area contributed by atoms with Gasteiger partial charge in [0.05, 0.1) is 39.1 Å². The second-order valence-electron chi connectivity index (χ2n) is 11.4. The van der Waals surface area contributed by atoms with Gasteiger partial charge >= 0.3 is 0 Å². The fourth-order valence-corrected chi connectivity index (χ4v) is 6.77. The quantitative estimate of drug-likeness (QED) is 0.213. The van der Waals surface area contributed by atoms with Crippen LogP contribution in [0, 0.1) is 0 Å². The van der Waals surface area contributed by atoms with Crippen LogP contribution in [0.1, 0.15) is 18.0 Å². The summed E-state index contributed by atoms with van der Waals surface area (Å²) < 4.78 is 4.67. The fourth-order valence-electron chi connectivity index (χ4n) is 6.77. The van der Waals surface area contributed by atoms with Crippen LogP contribution in [0.15, 0.2) is 152 Å². The maximum absolute atomic E-state index is 5.46. The first kappa shape index (κ1) is 24.8. The molecule has 4 nitrogen and oxygen atoms in total. The van der Waals surface area contributed by atoms with Gasteiger partial charge in [-0.25, -0.2) is 4.98 Å². The van der Waals surface area contributed by atoms with E-state index in [0.717, 1.165) is 73.2 Å². The van der Waals surface area contributed by atoms with Crippen molar-refractivity contribution in [1.82, 2.24) is 19.1 Å². The summed E-state index contributed by atoms with van der Waals surface area (Å²) in [7, 11) is 0. The molecule has 0 saturated carbocycles. The Kier molecular flexibility index (Phi) is 5.60. The molecule has 4 heteroatoms. The lowest BCUT2D eigenvalue weighted by atomic mass is 9.95. The standard InChI is InChI=1S/C40H28N4/c1-4-14-27(15-5-1)34-24-30(25-35(41-34)28-16-6-2-7-17-28)43-37-23-13-11-21-32(37)39-38(43)26-33-31-20-10-12-22-36(31)44(40(33)42-39)29-18-8-3-9-19-29/h1-16,18-26,28H,17H2. The predicted octanol–water partition coefficient (Wildman–Crippen LogP) is 9.94. The van der Waals surface area contributed by atoms with Gasteiger partial charge in [-0.05, 0) is 48.9 Å². The van der Waals surface area contributed by atoms with E-state index < -0.39 is 0 Å². The first-order valence-corrected chi connectivity index (χ1v) is 15.1. The number of rotatable bonds is 4. The van der Waals surface area contributed by atoms with Crippen LogP contribution in [0.5, 0.6) is 0 Å². The predicted molar refractivity (Wildman–Crippen MR) is 182 cm³/mol. The van der Waals surface area contributed by atoms with Gasteiger partial charge in [-0.2, -0.15) is 0 Å². The number of fused-ring (bicyclic) bond motifs is 6. The van der Waals surface area contributed by atoms with Crippen LogP contribution < -0.4 is 0 Å². The Bertz CT molecular complexity index is 2410. The van der Waals surface area contributed by atoms with Gasteiger partial charge in [-0.3, -0.25) is 9.55 Å². The zero-order valence-electron chi connectivity index (χ0n) is 24.0. The molecule has 9 rings (SSSR count). The highest BCUT2D eigenvalue weighted by Crippen LogP contribution is 2.39. The Hall–Kier alpha value is -5.74. The van der Waals surface area contributed by atoms with Crippen molar-refractivity contribution in [2.24, 2.45) is 0 Å². The minimum Gasteiger partial charge on any atom is -0.307 e. The molecular weight excluding hydrogens is 536 g/mol. The van der Waals surface area contributed by atoms with Crippen molar-refractivity contribution in [2.45, 2.75) is 12.3 Å². The van der Waals surface area contributed by atoms with E-state index in [2.05, 4.69) is 161 Å². The minimum atomic E-state index is 0.226. The molecule has 208 valence electrons. The van der Waals surface area contributed by atoms with E-state index in [0.29, 0.717) is 0 Å². The largest absolute Gasteiger partial charge is 0.307 e. The molecule has 4 aromatic heterocycles. The van der Waals surface area contributed by atoms with Crippen LogP contribution in [-0.2, 0) is 0 Å². The van der Waals surface area contributed by atoms with Crippen LogP contribution in [-0.4, -0.2) is 19.1 Å². The van der Waals surface area contributed by atoms with E-state index in [1.54, 1.807) is 0 Å². The van der Waals surface area contributed by atoms with Gasteiger partial charge in [-0.15, -0.1) is 0 Å². The second kappa shape index (κ2) is 9.92. The van der Waals surface area contributed by atoms with Crippen molar-refractivity contribution < 1.29 is 0 Å². The molecule has 0 saturated heterocycles. The van der Waals surface area contributed by atoms with Gasteiger partial charge in [0.1, 0.15) is 5.65 Å². The molecule has 1 unspecified atom stereocenters. The summed E-state index contributed by atoms with van der Waals surface area (Å²) in [5.41, 5.74) is 10.7. The lowest BCUT2D eigenvalue weighted by Crippen LogP contribution is -2.04. The summed E-state index contributed by atoms with van der Waals surface area (Å²) in [6, 6.07) is 45.1. The molecule has 0 spiro atoms. The maximum Gasteiger partial charge on any atom is 0.146 e. The average molecular weight is 565 g/mol. The third-order valence-corrected chi connectivity index (χ3v) is 8.80. The Balaban J connectivity index is 1.38. The Morgan fingerprint density at radius 1 is 0.545 bits per heavy atom. The van der Waals surface area contributed by atoms with E-state index in [4.69, 9.17) is 9.97 Å². The molecule has 0 amide bonds. The Morgan fingerprint density at radius 2 is 1.25 bits per heavy atom. The Labute approximate surface area is 254 Å². The van der Waals surface area contributed by atoms with Gasteiger partial charge < -0.3 is 4.57 Å². The van der Waals surface area contributed by atoms with Crippen LogP contribution >= 0.6 is 0 Å².